The van der Waals surface area contributed by atoms with Crippen LogP contribution in [0.4, 0.5) is 5.69 Å². The summed E-state index contributed by atoms with van der Waals surface area (Å²) in [6.45, 7) is 4.69. The van der Waals surface area contributed by atoms with Gasteiger partial charge in [-0.15, -0.1) is 0 Å². The molecule has 0 saturated carbocycles. The topological polar surface area (TPSA) is 77.1 Å². The molecule has 2 rings (SSSR count). The summed E-state index contributed by atoms with van der Waals surface area (Å²) < 4.78 is 1.49. The molecule has 0 unspecified atom stereocenters. The summed E-state index contributed by atoms with van der Waals surface area (Å²) >= 11 is 1.09. The summed E-state index contributed by atoms with van der Waals surface area (Å²) in [5, 5.41) is 4.59. The van der Waals surface area contributed by atoms with Crippen molar-refractivity contribution in [1.29, 1.82) is 0 Å². The van der Waals surface area contributed by atoms with E-state index in [0.29, 0.717) is 18.2 Å². The molecule has 0 fully saturated rings. The maximum atomic E-state index is 11.9. The van der Waals surface area contributed by atoms with Gasteiger partial charge in [-0.3, -0.25) is 14.2 Å². The molecule has 1 amide bonds. The van der Waals surface area contributed by atoms with Gasteiger partial charge in [0, 0.05) is 17.6 Å². The molecule has 1 heterocycles. The fourth-order valence-electron chi connectivity index (χ4n) is 1.88. The van der Waals surface area contributed by atoms with Crippen molar-refractivity contribution in [1.82, 2.24) is 9.88 Å². The third kappa shape index (κ3) is 3.95. The van der Waals surface area contributed by atoms with Gasteiger partial charge in [0.1, 0.15) is 6.54 Å². The first-order chi connectivity index (χ1) is 9.97. The SMILES string of the molecule is CC(C)CNC(=O)Cn1c(-c2ccc(N)cc2)csc1=O. The summed E-state index contributed by atoms with van der Waals surface area (Å²) in [5.74, 6) is 0.227. The number of carbonyl (C=O) groups is 1. The molecular formula is C15H19N3O2S. The number of nitrogens with one attached hydrogen (secondary N) is 1. The summed E-state index contributed by atoms with van der Waals surface area (Å²) in [6, 6.07) is 7.25. The number of nitrogen functional groups attached to an aromatic ring is 1. The Morgan fingerprint density at radius 3 is 2.62 bits per heavy atom. The van der Waals surface area contributed by atoms with Crippen molar-refractivity contribution in [2.24, 2.45) is 5.92 Å². The van der Waals surface area contributed by atoms with Crippen molar-refractivity contribution in [3.8, 4) is 11.3 Å². The van der Waals surface area contributed by atoms with E-state index in [2.05, 4.69) is 5.32 Å². The smallest absolute Gasteiger partial charge is 0.308 e. The number of amides is 1. The first-order valence-electron chi connectivity index (χ1n) is 6.78. The Balaban J connectivity index is 2.20. The molecule has 5 nitrogen and oxygen atoms in total. The highest BCUT2D eigenvalue weighted by Crippen LogP contribution is 2.21. The Morgan fingerprint density at radius 1 is 1.33 bits per heavy atom. The minimum atomic E-state index is -0.152. The molecule has 6 heteroatoms. The van der Waals surface area contributed by atoms with E-state index in [-0.39, 0.29) is 17.3 Å². The van der Waals surface area contributed by atoms with Gasteiger partial charge in [-0.2, -0.15) is 0 Å². The molecule has 0 aliphatic heterocycles. The van der Waals surface area contributed by atoms with Crippen molar-refractivity contribution >= 4 is 22.9 Å². The minimum Gasteiger partial charge on any atom is -0.399 e. The first kappa shape index (κ1) is 15.3. The lowest BCUT2D eigenvalue weighted by molar-refractivity contribution is -0.121. The second-order valence-corrected chi connectivity index (χ2v) is 6.11. The van der Waals surface area contributed by atoms with Crippen LogP contribution in [0, 0.1) is 5.92 Å². The summed E-state index contributed by atoms with van der Waals surface area (Å²) in [4.78, 5) is 23.7. The molecule has 0 atom stereocenters. The van der Waals surface area contributed by atoms with E-state index in [1.807, 2.05) is 26.0 Å². The van der Waals surface area contributed by atoms with Crippen LogP contribution in [0.15, 0.2) is 34.4 Å². The number of nitrogens with zero attached hydrogens (tertiary/aromatic N) is 1. The van der Waals surface area contributed by atoms with Crippen LogP contribution in [-0.4, -0.2) is 17.0 Å². The van der Waals surface area contributed by atoms with Crippen LogP contribution in [0.3, 0.4) is 0 Å². The van der Waals surface area contributed by atoms with Crippen LogP contribution < -0.4 is 15.9 Å². The zero-order valence-electron chi connectivity index (χ0n) is 12.1. The Hall–Kier alpha value is -2.08. The largest absolute Gasteiger partial charge is 0.399 e. The maximum absolute atomic E-state index is 11.9. The van der Waals surface area contributed by atoms with Gasteiger partial charge >= 0.3 is 4.87 Å². The number of anilines is 1. The molecular weight excluding hydrogens is 286 g/mol. The molecule has 1 aromatic heterocycles. The van der Waals surface area contributed by atoms with Gasteiger partial charge in [0.05, 0.1) is 5.69 Å². The third-order valence-corrected chi connectivity index (χ3v) is 3.76. The lowest BCUT2D eigenvalue weighted by atomic mass is 10.1. The highest BCUT2D eigenvalue weighted by Gasteiger charge is 2.12. The van der Waals surface area contributed by atoms with E-state index in [1.54, 1.807) is 17.5 Å². The molecule has 0 spiro atoms. The average Bonchev–Trinajstić information content (AvgIpc) is 2.79. The van der Waals surface area contributed by atoms with Gasteiger partial charge in [-0.25, -0.2) is 0 Å². The van der Waals surface area contributed by atoms with Gasteiger partial charge in [0.2, 0.25) is 5.91 Å². The number of hydrogen-bond acceptors (Lipinski definition) is 4. The fourth-order valence-corrected chi connectivity index (χ4v) is 2.64. The normalized spacial score (nSPS) is 10.8. The maximum Gasteiger partial charge on any atom is 0.308 e. The molecule has 21 heavy (non-hydrogen) atoms. The number of benzene rings is 1. The van der Waals surface area contributed by atoms with Crippen LogP contribution in [0.2, 0.25) is 0 Å². The summed E-state index contributed by atoms with van der Waals surface area (Å²) in [7, 11) is 0. The minimum absolute atomic E-state index is 0.0365. The standard InChI is InChI=1S/C15H19N3O2S/c1-10(2)7-17-14(19)8-18-13(9-21-15(18)20)11-3-5-12(16)6-4-11/h3-6,9-10H,7-8,16H2,1-2H3,(H,17,19). The Kier molecular flexibility index (Phi) is 4.80. The van der Waals surface area contributed by atoms with E-state index in [9.17, 15) is 9.59 Å². The molecule has 2 aromatic rings. The van der Waals surface area contributed by atoms with E-state index in [1.165, 1.54) is 4.57 Å². The zero-order valence-corrected chi connectivity index (χ0v) is 12.9. The predicted octanol–water partition coefficient (Wildman–Crippen LogP) is 1.93. The monoisotopic (exact) mass is 305 g/mol. The Morgan fingerprint density at radius 2 is 2.00 bits per heavy atom. The second-order valence-electron chi connectivity index (χ2n) is 5.29. The molecule has 112 valence electrons. The van der Waals surface area contributed by atoms with Gasteiger partial charge in [-0.1, -0.05) is 37.3 Å². The first-order valence-corrected chi connectivity index (χ1v) is 7.66. The van der Waals surface area contributed by atoms with Crippen LogP contribution in [0.1, 0.15) is 13.8 Å². The molecule has 0 bridgehead atoms. The van der Waals surface area contributed by atoms with E-state index in [4.69, 9.17) is 5.73 Å². The van der Waals surface area contributed by atoms with Gasteiger partial charge in [-0.05, 0) is 23.6 Å². The van der Waals surface area contributed by atoms with Gasteiger partial charge in [0.15, 0.2) is 0 Å². The second kappa shape index (κ2) is 6.58. The van der Waals surface area contributed by atoms with Crippen LogP contribution in [0.5, 0.6) is 0 Å². The van der Waals surface area contributed by atoms with Crippen LogP contribution in [-0.2, 0) is 11.3 Å². The third-order valence-electron chi connectivity index (χ3n) is 3.00. The lowest BCUT2D eigenvalue weighted by Crippen LogP contribution is -2.33. The van der Waals surface area contributed by atoms with E-state index >= 15 is 0 Å². The van der Waals surface area contributed by atoms with E-state index < -0.39 is 0 Å². The number of aromatic nitrogens is 1. The number of carbonyl (C=O) groups excluding carboxylic acids is 1. The van der Waals surface area contributed by atoms with Gasteiger partial charge < -0.3 is 11.1 Å². The Bertz CT molecular complexity index is 671. The summed E-state index contributed by atoms with van der Waals surface area (Å²) in [5.41, 5.74) is 7.95. The molecule has 1 aromatic carbocycles. The fraction of sp³-hybridized carbons (Fsp3) is 0.333. The molecule has 3 N–H and O–H groups in total. The molecule has 0 saturated heterocycles. The van der Waals surface area contributed by atoms with Crippen molar-refractivity contribution < 1.29 is 4.79 Å². The molecule has 0 aliphatic rings. The number of thiazole rings is 1. The highest BCUT2D eigenvalue weighted by atomic mass is 32.1. The van der Waals surface area contributed by atoms with Crippen molar-refractivity contribution in [3.05, 3.63) is 39.3 Å². The lowest BCUT2D eigenvalue weighted by Gasteiger charge is -2.10. The van der Waals surface area contributed by atoms with E-state index in [0.717, 1.165) is 22.6 Å². The molecule has 0 radical (unpaired) electrons. The Labute approximate surface area is 127 Å². The van der Waals surface area contributed by atoms with Crippen molar-refractivity contribution in [3.63, 3.8) is 0 Å². The van der Waals surface area contributed by atoms with Crippen molar-refractivity contribution in [2.75, 3.05) is 12.3 Å². The van der Waals surface area contributed by atoms with Crippen LogP contribution >= 0.6 is 11.3 Å². The van der Waals surface area contributed by atoms with Crippen molar-refractivity contribution in [2.45, 2.75) is 20.4 Å². The highest BCUT2D eigenvalue weighted by molar-refractivity contribution is 7.07. The number of rotatable bonds is 5. The predicted molar refractivity (Wildman–Crippen MR) is 86.3 cm³/mol. The number of nitrogens with two attached hydrogens (primary N) is 1. The zero-order chi connectivity index (χ0) is 15.4. The summed E-state index contributed by atoms with van der Waals surface area (Å²) in [6.07, 6.45) is 0. The molecule has 0 aliphatic carbocycles. The quantitative estimate of drug-likeness (QED) is 0.829. The van der Waals surface area contributed by atoms with Gasteiger partial charge in [0.25, 0.3) is 0 Å². The number of hydrogen-bond donors (Lipinski definition) is 2. The average molecular weight is 305 g/mol. The van der Waals surface area contributed by atoms with Crippen LogP contribution in [0.25, 0.3) is 11.3 Å².